The van der Waals surface area contributed by atoms with Crippen LogP contribution >= 0.6 is 11.6 Å². The van der Waals surface area contributed by atoms with E-state index in [0.717, 1.165) is 11.1 Å². The Balaban J connectivity index is 1.92. The molecule has 2 aromatic rings. The minimum Gasteiger partial charge on any atom is -0.493 e. The number of hydrogen-bond donors (Lipinski definition) is 1. The Morgan fingerprint density at radius 2 is 1.93 bits per heavy atom. The van der Waals surface area contributed by atoms with E-state index in [-0.39, 0.29) is 27.8 Å². The molecule has 0 saturated carbocycles. The van der Waals surface area contributed by atoms with Crippen LogP contribution in [0.25, 0.3) is 6.08 Å². The van der Waals surface area contributed by atoms with Crippen LogP contribution in [-0.2, 0) is 14.4 Å². The highest BCUT2D eigenvalue weighted by molar-refractivity contribution is 6.33. The van der Waals surface area contributed by atoms with E-state index in [1.165, 1.54) is 44.4 Å². The number of carbonyl (C=O) groups is 3. The maximum absolute atomic E-state index is 13.3. The van der Waals surface area contributed by atoms with Gasteiger partial charge in [-0.3, -0.25) is 19.8 Å². The summed E-state index contributed by atoms with van der Waals surface area (Å²) >= 11 is 5.74. The average Bonchev–Trinajstić information content (AvgIpc) is 2.93. The Morgan fingerprint density at radius 1 is 1.18 bits per heavy atom. The normalized spacial score (nSPS) is 15.0. The Hall–Kier alpha value is -3.39. The third-order valence-corrected chi connectivity index (χ3v) is 4.09. The fraction of sp³-hybridized carbons (Fsp3) is 0.105. The van der Waals surface area contributed by atoms with Crippen LogP contribution in [0.3, 0.4) is 0 Å². The van der Waals surface area contributed by atoms with Crippen LogP contribution in [0.1, 0.15) is 12.5 Å². The van der Waals surface area contributed by atoms with Crippen molar-refractivity contribution in [2.75, 3.05) is 12.1 Å². The van der Waals surface area contributed by atoms with E-state index in [1.54, 1.807) is 6.07 Å². The van der Waals surface area contributed by atoms with Crippen LogP contribution < -0.4 is 19.9 Å². The zero-order valence-corrected chi connectivity index (χ0v) is 15.5. The van der Waals surface area contributed by atoms with Crippen molar-refractivity contribution in [1.82, 2.24) is 5.43 Å². The van der Waals surface area contributed by atoms with Gasteiger partial charge in [-0.25, -0.2) is 9.40 Å². The molecule has 1 aliphatic heterocycles. The molecule has 0 aliphatic carbocycles. The van der Waals surface area contributed by atoms with Gasteiger partial charge in [-0.05, 0) is 42.0 Å². The number of rotatable bonds is 4. The first-order valence-corrected chi connectivity index (χ1v) is 8.36. The number of amides is 2. The van der Waals surface area contributed by atoms with Crippen LogP contribution in [-0.4, -0.2) is 24.9 Å². The summed E-state index contributed by atoms with van der Waals surface area (Å²) < 4.78 is 23.5. The van der Waals surface area contributed by atoms with Gasteiger partial charge in [0.15, 0.2) is 11.5 Å². The first kappa shape index (κ1) is 19.4. The predicted octanol–water partition coefficient (Wildman–Crippen LogP) is 2.87. The summed E-state index contributed by atoms with van der Waals surface area (Å²) in [5.74, 6) is -1.94. The molecule has 9 heteroatoms. The van der Waals surface area contributed by atoms with Gasteiger partial charge in [0.05, 0.1) is 17.8 Å². The second kappa shape index (κ2) is 7.69. The van der Waals surface area contributed by atoms with Gasteiger partial charge in [-0.15, -0.1) is 0 Å². The van der Waals surface area contributed by atoms with Crippen molar-refractivity contribution < 1.29 is 28.2 Å². The number of nitrogens with one attached hydrogen (secondary N) is 1. The largest absolute Gasteiger partial charge is 0.493 e. The van der Waals surface area contributed by atoms with Crippen LogP contribution in [0.5, 0.6) is 11.5 Å². The fourth-order valence-corrected chi connectivity index (χ4v) is 2.72. The van der Waals surface area contributed by atoms with Gasteiger partial charge in [0, 0.05) is 6.92 Å². The zero-order valence-electron chi connectivity index (χ0n) is 14.8. The predicted molar refractivity (Wildman–Crippen MR) is 99.3 cm³/mol. The molecule has 0 atom stereocenters. The van der Waals surface area contributed by atoms with E-state index < -0.39 is 23.6 Å². The maximum Gasteiger partial charge on any atom is 0.308 e. The number of methoxy groups -OCH3 is 1. The summed E-state index contributed by atoms with van der Waals surface area (Å²) in [6.45, 7) is 1.26. The smallest absolute Gasteiger partial charge is 0.308 e. The summed E-state index contributed by atoms with van der Waals surface area (Å²) in [7, 11) is 1.40. The van der Waals surface area contributed by atoms with Gasteiger partial charge in [-0.1, -0.05) is 17.7 Å². The molecule has 28 heavy (non-hydrogen) atoms. The lowest BCUT2D eigenvalue weighted by Gasteiger charge is -2.14. The number of carbonyl (C=O) groups excluding carboxylic acids is 3. The number of nitrogens with zero attached hydrogens (tertiary/aromatic N) is 1. The summed E-state index contributed by atoms with van der Waals surface area (Å²) in [6.07, 6.45) is 1.36. The van der Waals surface area contributed by atoms with E-state index in [2.05, 4.69) is 5.43 Å². The molecule has 0 unspecified atom stereocenters. The molecule has 0 radical (unpaired) electrons. The van der Waals surface area contributed by atoms with Gasteiger partial charge < -0.3 is 9.47 Å². The third kappa shape index (κ3) is 3.81. The molecule has 2 amide bonds. The molecule has 3 rings (SSSR count). The van der Waals surface area contributed by atoms with Crippen LogP contribution in [0.2, 0.25) is 5.02 Å². The van der Waals surface area contributed by atoms with Crippen molar-refractivity contribution in [1.29, 1.82) is 0 Å². The Labute approximate surface area is 164 Å². The summed E-state index contributed by atoms with van der Waals surface area (Å²) in [4.78, 5) is 36.0. The van der Waals surface area contributed by atoms with Crippen LogP contribution in [0.4, 0.5) is 10.1 Å². The lowest BCUT2D eigenvalue weighted by atomic mass is 10.1. The third-order valence-electron chi connectivity index (χ3n) is 3.81. The average molecular weight is 405 g/mol. The van der Waals surface area contributed by atoms with Gasteiger partial charge in [0.1, 0.15) is 11.4 Å². The van der Waals surface area contributed by atoms with Gasteiger partial charge in [-0.2, -0.15) is 0 Å². The van der Waals surface area contributed by atoms with Crippen molar-refractivity contribution in [2.24, 2.45) is 0 Å². The van der Waals surface area contributed by atoms with Crippen LogP contribution in [0.15, 0.2) is 42.0 Å². The molecule has 1 aliphatic rings. The number of benzene rings is 2. The minimum absolute atomic E-state index is 0.136. The lowest BCUT2D eigenvalue weighted by Crippen LogP contribution is -2.35. The molecule has 1 saturated heterocycles. The molecule has 0 spiro atoms. The molecule has 0 aromatic heterocycles. The highest BCUT2D eigenvalue weighted by Crippen LogP contribution is 2.30. The lowest BCUT2D eigenvalue weighted by molar-refractivity contribution is -0.132. The molecule has 0 bridgehead atoms. The fourth-order valence-electron chi connectivity index (χ4n) is 2.54. The number of ether oxygens (including phenoxy) is 2. The summed E-state index contributed by atoms with van der Waals surface area (Å²) in [6, 6.07) is 8.21. The van der Waals surface area contributed by atoms with E-state index in [1.807, 2.05) is 0 Å². The molecule has 144 valence electrons. The first-order chi connectivity index (χ1) is 13.3. The van der Waals surface area contributed by atoms with Crippen LogP contribution in [0, 0.1) is 5.82 Å². The topological polar surface area (TPSA) is 84.9 Å². The number of anilines is 1. The van der Waals surface area contributed by atoms with E-state index in [0.29, 0.717) is 5.56 Å². The number of hydrogen-bond acceptors (Lipinski definition) is 5. The standard InChI is InChI=1S/C19H14ClFN2O5/c1-10(24)28-16-6-3-11(8-17(16)27-2)7-13-18(25)22-23(19(13)26)12-4-5-15(21)14(20)9-12/h3-9H,1-2H3,(H,22,25). The first-order valence-electron chi connectivity index (χ1n) is 7.99. The number of halogens is 2. The SMILES string of the molecule is COc1cc(C=C2C(=O)NN(c3ccc(F)c(Cl)c3)C2=O)ccc1OC(C)=O. The Morgan fingerprint density at radius 3 is 2.57 bits per heavy atom. The summed E-state index contributed by atoms with van der Waals surface area (Å²) in [5, 5.41) is 0.798. The van der Waals surface area contributed by atoms with E-state index >= 15 is 0 Å². The van der Waals surface area contributed by atoms with Gasteiger partial charge in [0.2, 0.25) is 0 Å². The monoisotopic (exact) mass is 404 g/mol. The Kier molecular flexibility index (Phi) is 5.32. The second-order valence-corrected chi connectivity index (χ2v) is 6.15. The number of hydrazine groups is 1. The summed E-state index contributed by atoms with van der Waals surface area (Å²) in [5.41, 5.74) is 2.96. The van der Waals surface area contributed by atoms with Crippen molar-refractivity contribution in [2.45, 2.75) is 6.92 Å². The molecule has 2 aromatic carbocycles. The Bertz CT molecular complexity index is 1020. The quantitative estimate of drug-likeness (QED) is 0.366. The van der Waals surface area contributed by atoms with Gasteiger partial charge in [0.25, 0.3) is 11.8 Å². The molecule has 7 nitrogen and oxygen atoms in total. The van der Waals surface area contributed by atoms with E-state index in [4.69, 9.17) is 21.1 Å². The molecular formula is C19H14ClFN2O5. The maximum atomic E-state index is 13.3. The highest BCUT2D eigenvalue weighted by Gasteiger charge is 2.34. The van der Waals surface area contributed by atoms with Crippen molar-refractivity contribution in [3.05, 3.63) is 58.4 Å². The molecular weight excluding hydrogens is 391 g/mol. The zero-order chi connectivity index (χ0) is 20.4. The second-order valence-electron chi connectivity index (χ2n) is 5.74. The minimum atomic E-state index is -0.640. The number of esters is 1. The van der Waals surface area contributed by atoms with Gasteiger partial charge >= 0.3 is 5.97 Å². The molecule has 1 heterocycles. The molecule has 1 fully saturated rings. The highest BCUT2D eigenvalue weighted by atomic mass is 35.5. The molecule has 1 N–H and O–H groups in total. The van der Waals surface area contributed by atoms with Crippen molar-refractivity contribution >= 4 is 41.1 Å². The van der Waals surface area contributed by atoms with E-state index in [9.17, 15) is 18.8 Å². The van der Waals surface area contributed by atoms with Crippen molar-refractivity contribution in [3.63, 3.8) is 0 Å². The van der Waals surface area contributed by atoms with Crippen molar-refractivity contribution in [3.8, 4) is 11.5 Å².